The summed E-state index contributed by atoms with van der Waals surface area (Å²) in [6.45, 7) is 2.11. The standard InChI is InChI=1S/C12H15N3O/c1-10(14)12(16)15(8-7-13)9-11-5-3-2-4-6-11/h2-6,10H,8-9,14H2,1H3. The Balaban J connectivity index is 2.73. The molecule has 84 valence electrons. The SMILES string of the molecule is CC(N)C(=O)N(CC#N)Cc1ccccc1. The van der Waals surface area contributed by atoms with E-state index in [4.69, 9.17) is 11.0 Å². The van der Waals surface area contributed by atoms with Crippen molar-refractivity contribution in [1.29, 1.82) is 5.26 Å². The highest BCUT2D eigenvalue weighted by Crippen LogP contribution is 2.05. The van der Waals surface area contributed by atoms with Crippen LogP contribution < -0.4 is 5.73 Å². The molecule has 1 aromatic carbocycles. The lowest BCUT2D eigenvalue weighted by atomic mass is 10.2. The average Bonchev–Trinajstić information content (AvgIpc) is 2.29. The van der Waals surface area contributed by atoms with Gasteiger partial charge in [-0.15, -0.1) is 0 Å². The van der Waals surface area contributed by atoms with Crippen LogP contribution in [-0.2, 0) is 11.3 Å². The molecule has 16 heavy (non-hydrogen) atoms. The molecule has 0 aliphatic heterocycles. The first-order valence-electron chi connectivity index (χ1n) is 5.10. The van der Waals surface area contributed by atoms with Gasteiger partial charge >= 0.3 is 0 Å². The van der Waals surface area contributed by atoms with Gasteiger partial charge in [-0.1, -0.05) is 30.3 Å². The molecule has 0 saturated heterocycles. The summed E-state index contributed by atoms with van der Waals surface area (Å²) in [5.74, 6) is -0.203. The first-order chi connectivity index (χ1) is 7.65. The summed E-state index contributed by atoms with van der Waals surface area (Å²) in [4.78, 5) is 13.1. The molecule has 0 spiro atoms. The van der Waals surface area contributed by atoms with E-state index in [-0.39, 0.29) is 12.5 Å². The van der Waals surface area contributed by atoms with E-state index >= 15 is 0 Å². The highest BCUT2D eigenvalue weighted by molar-refractivity contribution is 5.81. The van der Waals surface area contributed by atoms with Crippen molar-refractivity contribution in [3.05, 3.63) is 35.9 Å². The molecule has 0 aliphatic rings. The molecule has 1 rings (SSSR count). The predicted octanol–water partition coefficient (Wildman–Crippen LogP) is 0.886. The molecule has 1 aromatic rings. The van der Waals surface area contributed by atoms with Crippen LogP contribution in [0.2, 0.25) is 0 Å². The lowest BCUT2D eigenvalue weighted by molar-refractivity contribution is -0.132. The third-order valence-electron chi connectivity index (χ3n) is 2.18. The highest BCUT2D eigenvalue weighted by atomic mass is 16.2. The normalized spacial score (nSPS) is 11.6. The Kier molecular flexibility index (Phi) is 4.49. The van der Waals surface area contributed by atoms with Gasteiger partial charge in [0, 0.05) is 6.54 Å². The Hall–Kier alpha value is -1.86. The van der Waals surface area contributed by atoms with E-state index in [1.54, 1.807) is 6.92 Å². The minimum Gasteiger partial charge on any atom is -0.324 e. The van der Waals surface area contributed by atoms with Gasteiger partial charge in [0.1, 0.15) is 6.54 Å². The van der Waals surface area contributed by atoms with Crippen LogP contribution in [0.4, 0.5) is 0 Å². The van der Waals surface area contributed by atoms with Gasteiger partial charge in [0.15, 0.2) is 0 Å². The van der Waals surface area contributed by atoms with Gasteiger partial charge in [0.25, 0.3) is 0 Å². The fourth-order valence-electron chi connectivity index (χ4n) is 1.39. The van der Waals surface area contributed by atoms with Crippen LogP contribution in [0.1, 0.15) is 12.5 Å². The van der Waals surface area contributed by atoms with Crippen molar-refractivity contribution in [2.75, 3.05) is 6.54 Å². The lowest BCUT2D eigenvalue weighted by Gasteiger charge is -2.21. The predicted molar refractivity (Wildman–Crippen MR) is 61.1 cm³/mol. The molecular weight excluding hydrogens is 202 g/mol. The number of carbonyl (C=O) groups excluding carboxylic acids is 1. The number of rotatable bonds is 4. The monoisotopic (exact) mass is 217 g/mol. The summed E-state index contributed by atoms with van der Waals surface area (Å²) < 4.78 is 0. The smallest absolute Gasteiger partial charge is 0.240 e. The molecule has 4 heteroatoms. The van der Waals surface area contributed by atoms with E-state index in [0.29, 0.717) is 6.54 Å². The second-order valence-corrected chi connectivity index (χ2v) is 3.63. The van der Waals surface area contributed by atoms with Gasteiger partial charge in [-0.05, 0) is 12.5 Å². The highest BCUT2D eigenvalue weighted by Gasteiger charge is 2.16. The quantitative estimate of drug-likeness (QED) is 0.761. The molecule has 1 unspecified atom stereocenters. The van der Waals surface area contributed by atoms with E-state index in [9.17, 15) is 4.79 Å². The van der Waals surface area contributed by atoms with Gasteiger partial charge in [0.05, 0.1) is 12.1 Å². The van der Waals surface area contributed by atoms with E-state index in [0.717, 1.165) is 5.56 Å². The molecule has 1 atom stereocenters. The molecule has 0 heterocycles. The summed E-state index contributed by atoms with van der Waals surface area (Å²) in [5, 5.41) is 8.66. The van der Waals surface area contributed by atoms with Gasteiger partial charge in [-0.2, -0.15) is 5.26 Å². The second kappa shape index (κ2) is 5.89. The maximum Gasteiger partial charge on any atom is 0.240 e. The Bertz CT molecular complexity index is 381. The molecule has 0 aliphatic carbocycles. The molecule has 0 bridgehead atoms. The van der Waals surface area contributed by atoms with Crippen LogP contribution in [0.25, 0.3) is 0 Å². The summed E-state index contributed by atoms with van der Waals surface area (Å²) in [7, 11) is 0. The molecular formula is C12H15N3O. The molecule has 0 aromatic heterocycles. The maximum atomic E-state index is 11.7. The Morgan fingerprint density at radius 1 is 1.50 bits per heavy atom. The van der Waals surface area contributed by atoms with Gasteiger partial charge in [0.2, 0.25) is 5.91 Å². The lowest BCUT2D eigenvalue weighted by Crippen LogP contribution is -2.41. The number of benzene rings is 1. The van der Waals surface area contributed by atoms with E-state index in [2.05, 4.69) is 0 Å². The zero-order valence-corrected chi connectivity index (χ0v) is 9.26. The van der Waals surface area contributed by atoms with Crippen molar-refractivity contribution in [3.63, 3.8) is 0 Å². The topological polar surface area (TPSA) is 70.1 Å². The van der Waals surface area contributed by atoms with E-state index < -0.39 is 6.04 Å². The molecule has 1 amide bonds. The average molecular weight is 217 g/mol. The largest absolute Gasteiger partial charge is 0.324 e. The molecule has 2 N–H and O–H groups in total. The zero-order chi connectivity index (χ0) is 12.0. The van der Waals surface area contributed by atoms with Crippen LogP contribution in [0.15, 0.2) is 30.3 Å². The van der Waals surface area contributed by atoms with Crippen LogP contribution in [-0.4, -0.2) is 23.4 Å². The summed E-state index contributed by atoms with van der Waals surface area (Å²) in [5.41, 5.74) is 6.51. The number of nitrogens with zero attached hydrogens (tertiary/aromatic N) is 2. The number of amides is 1. The Morgan fingerprint density at radius 2 is 2.12 bits per heavy atom. The second-order valence-electron chi connectivity index (χ2n) is 3.63. The summed E-state index contributed by atoms with van der Waals surface area (Å²) in [6.07, 6.45) is 0. The number of carbonyl (C=O) groups is 1. The third kappa shape index (κ3) is 3.37. The fraction of sp³-hybridized carbons (Fsp3) is 0.333. The van der Waals surface area contributed by atoms with Crippen LogP contribution in [0.3, 0.4) is 0 Å². The summed E-state index contributed by atoms with van der Waals surface area (Å²) >= 11 is 0. The zero-order valence-electron chi connectivity index (χ0n) is 9.26. The van der Waals surface area contributed by atoms with E-state index in [1.165, 1.54) is 4.90 Å². The minimum atomic E-state index is -0.572. The minimum absolute atomic E-state index is 0.0647. The molecule has 0 fully saturated rings. The number of nitriles is 1. The fourth-order valence-corrected chi connectivity index (χ4v) is 1.39. The Morgan fingerprint density at radius 3 is 2.62 bits per heavy atom. The van der Waals surface area contributed by atoms with Crippen molar-refractivity contribution < 1.29 is 4.79 Å². The first-order valence-corrected chi connectivity index (χ1v) is 5.10. The van der Waals surface area contributed by atoms with Crippen molar-refractivity contribution >= 4 is 5.91 Å². The Labute approximate surface area is 95.3 Å². The van der Waals surface area contributed by atoms with Gasteiger partial charge < -0.3 is 10.6 Å². The van der Waals surface area contributed by atoms with Crippen LogP contribution in [0, 0.1) is 11.3 Å². The number of nitrogens with two attached hydrogens (primary N) is 1. The van der Waals surface area contributed by atoms with Crippen molar-refractivity contribution in [1.82, 2.24) is 4.90 Å². The molecule has 4 nitrogen and oxygen atoms in total. The molecule has 0 radical (unpaired) electrons. The number of hydrogen-bond acceptors (Lipinski definition) is 3. The number of hydrogen-bond donors (Lipinski definition) is 1. The van der Waals surface area contributed by atoms with Crippen molar-refractivity contribution in [2.24, 2.45) is 5.73 Å². The van der Waals surface area contributed by atoms with Crippen molar-refractivity contribution in [2.45, 2.75) is 19.5 Å². The van der Waals surface area contributed by atoms with E-state index in [1.807, 2.05) is 36.4 Å². The van der Waals surface area contributed by atoms with Crippen molar-refractivity contribution in [3.8, 4) is 6.07 Å². The van der Waals surface area contributed by atoms with Crippen LogP contribution in [0.5, 0.6) is 0 Å². The van der Waals surface area contributed by atoms with Gasteiger partial charge in [-0.3, -0.25) is 4.79 Å². The van der Waals surface area contributed by atoms with Crippen LogP contribution >= 0.6 is 0 Å². The third-order valence-corrected chi connectivity index (χ3v) is 2.18. The molecule has 0 saturated carbocycles. The maximum absolute atomic E-state index is 11.7. The summed E-state index contributed by atoms with van der Waals surface area (Å²) in [6, 6.07) is 10.9. The first kappa shape index (κ1) is 12.2. The van der Waals surface area contributed by atoms with Gasteiger partial charge in [-0.25, -0.2) is 0 Å².